The van der Waals surface area contributed by atoms with Crippen LogP contribution in [-0.2, 0) is 0 Å². The normalized spacial score (nSPS) is 12.3. The molecule has 0 unspecified atom stereocenters. The second kappa shape index (κ2) is 11.1. The Balaban J connectivity index is 2.13. The maximum Gasteiger partial charge on any atom is 0.216 e. The number of nitriles is 8. The number of halogens is 4. The Morgan fingerprint density at radius 3 is 1.00 bits per heavy atom. The summed E-state index contributed by atoms with van der Waals surface area (Å²) in [6, 6.07) is 16.3. The van der Waals surface area contributed by atoms with Crippen molar-refractivity contribution < 1.29 is 17.6 Å². The van der Waals surface area contributed by atoms with E-state index < -0.39 is 113 Å². The maximum absolute atomic E-state index is 14.3. The maximum atomic E-state index is 14.3. The zero-order chi connectivity index (χ0) is 33.4. The molecule has 210 valence electrons. The Kier molecular flexibility index (Phi) is 7.13. The van der Waals surface area contributed by atoms with E-state index >= 15 is 0 Å². The average Bonchev–Trinajstić information content (AvgIpc) is 3.54. The molecule has 1 aromatic carbocycles. The summed E-state index contributed by atoms with van der Waals surface area (Å²) in [5.74, 6) is -5.43. The Hall–Kier alpha value is -7.88. The highest BCUT2D eigenvalue weighted by Gasteiger charge is 2.43. The largest absolute Gasteiger partial charge is 0.216 e. The lowest BCUT2D eigenvalue weighted by molar-refractivity contribution is 0.511. The molecule has 2 aromatic heterocycles. The molecule has 0 N–H and O–H groups in total. The molecule has 14 heteroatoms. The third kappa shape index (κ3) is 4.11. The Morgan fingerprint density at radius 2 is 0.761 bits per heavy atom. The summed E-state index contributed by atoms with van der Waals surface area (Å²) in [4.78, 5) is 5.99. The van der Waals surface area contributed by atoms with Gasteiger partial charge < -0.3 is 0 Å². The first kappa shape index (κ1) is 29.6. The standard InChI is InChI=1S/C32H4F4N10/c33-21-1-13(2-22(34)45-21)25-17(9-41)29-19(11-43)32-28(16(7-39)8-40)26(14-3-23(35)46-24(36)4-14)18(10-42)30(32)20(12-44)31(29)27(25)15(5-37)6-38/h1-4H. The minimum atomic E-state index is -1.36. The van der Waals surface area contributed by atoms with Crippen LogP contribution in [0, 0.1) is 114 Å². The minimum absolute atomic E-state index is 0.409. The molecule has 0 saturated carbocycles. The predicted molar refractivity (Wildman–Crippen MR) is 145 cm³/mol. The summed E-state index contributed by atoms with van der Waals surface area (Å²) in [6.07, 6.45) is 0. The molecule has 0 amide bonds. The topological polar surface area (TPSA) is 216 Å². The molecule has 10 nitrogen and oxygen atoms in total. The van der Waals surface area contributed by atoms with E-state index in [4.69, 9.17) is 0 Å². The van der Waals surface area contributed by atoms with Gasteiger partial charge in [0.25, 0.3) is 0 Å². The van der Waals surface area contributed by atoms with Crippen LogP contribution in [0.15, 0.2) is 35.4 Å². The summed E-state index contributed by atoms with van der Waals surface area (Å²) in [5, 5.41) is 81.3. The first-order valence-corrected chi connectivity index (χ1v) is 12.2. The molecule has 0 fully saturated rings. The van der Waals surface area contributed by atoms with E-state index in [-0.39, 0.29) is 0 Å². The van der Waals surface area contributed by atoms with Crippen LogP contribution < -0.4 is 0 Å². The van der Waals surface area contributed by atoms with Gasteiger partial charge in [-0.3, -0.25) is 0 Å². The Morgan fingerprint density at radius 1 is 0.457 bits per heavy atom. The number of nitrogens with zero attached hydrogens (tertiary/aromatic N) is 10. The van der Waals surface area contributed by atoms with Gasteiger partial charge in [-0.25, -0.2) is 0 Å². The van der Waals surface area contributed by atoms with Crippen LogP contribution in [0.25, 0.3) is 33.4 Å². The molecule has 2 aliphatic rings. The summed E-state index contributed by atoms with van der Waals surface area (Å²) in [6.45, 7) is 0. The number of benzene rings is 1. The van der Waals surface area contributed by atoms with Gasteiger partial charge in [0.15, 0.2) is 0 Å². The number of pyridine rings is 2. The van der Waals surface area contributed by atoms with Crippen molar-refractivity contribution >= 4 is 33.4 Å². The smallest absolute Gasteiger partial charge is 0.192 e. The molecule has 0 radical (unpaired) electrons. The lowest BCUT2D eigenvalue weighted by atomic mass is 9.82. The first-order valence-electron chi connectivity index (χ1n) is 12.2. The number of allylic oxidation sites excluding steroid dienone is 8. The van der Waals surface area contributed by atoms with Crippen molar-refractivity contribution in [3.05, 3.63) is 104 Å². The van der Waals surface area contributed by atoms with E-state index in [0.29, 0.717) is 24.3 Å². The van der Waals surface area contributed by atoms with Crippen LogP contribution in [-0.4, -0.2) is 9.97 Å². The molecule has 0 aliphatic heterocycles. The van der Waals surface area contributed by atoms with Gasteiger partial charge in [0.2, 0.25) is 23.8 Å². The van der Waals surface area contributed by atoms with Gasteiger partial charge >= 0.3 is 0 Å². The molecule has 5 rings (SSSR count). The molecule has 2 heterocycles. The molecule has 3 aromatic rings. The first-order chi connectivity index (χ1) is 22.1. The van der Waals surface area contributed by atoms with E-state index in [2.05, 4.69) is 9.97 Å². The second-order valence-corrected chi connectivity index (χ2v) is 9.15. The van der Waals surface area contributed by atoms with Crippen LogP contribution in [0.5, 0.6) is 0 Å². The van der Waals surface area contributed by atoms with Crippen LogP contribution in [0.1, 0.15) is 44.5 Å². The minimum Gasteiger partial charge on any atom is -0.192 e. The van der Waals surface area contributed by atoms with Crippen LogP contribution >= 0.6 is 0 Å². The zero-order valence-corrected chi connectivity index (χ0v) is 22.3. The van der Waals surface area contributed by atoms with Crippen molar-refractivity contribution in [3.8, 4) is 48.6 Å². The van der Waals surface area contributed by atoms with Gasteiger partial charge in [-0.05, 0) is 11.1 Å². The van der Waals surface area contributed by atoms with Crippen molar-refractivity contribution in [3.63, 3.8) is 0 Å². The SMILES string of the molecule is N#CC(C#N)=C1C(c2cc(F)nc(F)c2)=C(C#N)c2c(C#N)c3c(c(C#N)c21)C(C#N)=C(c1cc(F)nc(F)c1)C3=C(C#N)C#N. The van der Waals surface area contributed by atoms with Crippen molar-refractivity contribution in [1.29, 1.82) is 42.1 Å². The summed E-state index contributed by atoms with van der Waals surface area (Å²) in [5.41, 5.74) is -8.09. The molecule has 0 spiro atoms. The fourth-order valence-electron chi connectivity index (χ4n) is 5.52. The lowest BCUT2D eigenvalue weighted by Gasteiger charge is -2.15. The number of rotatable bonds is 2. The van der Waals surface area contributed by atoms with E-state index in [0.717, 1.165) is 0 Å². The quantitative estimate of drug-likeness (QED) is 0.209. The molecular weight excluding hydrogens is 600 g/mol. The van der Waals surface area contributed by atoms with Gasteiger partial charge in [-0.2, -0.15) is 69.6 Å². The lowest BCUT2D eigenvalue weighted by Crippen LogP contribution is -2.05. The van der Waals surface area contributed by atoms with E-state index in [1.165, 1.54) is 0 Å². The second-order valence-electron chi connectivity index (χ2n) is 9.15. The van der Waals surface area contributed by atoms with Gasteiger partial charge in [0.05, 0.1) is 22.3 Å². The number of fused-ring (bicyclic) bond motifs is 2. The van der Waals surface area contributed by atoms with Gasteiger partial charge in [0, 0.05) is 68.8 Å². The van der Waals surface area contributed by atoms with Crippen LogP contribution in [0.4, 0.5) is 17.6 Å². The average molecular weight is 604 g/mol. The van der Waals surface area contributed by atoms with E-state index in [9.17, 15) is 59.7 Å². The monoisotopic (exact) mass is 604 g/mol. The molecule has 46 heavy (non-hydrogen) atoms. The van der Waals surface area contributed by atoms with E-state index in [1.54, 1.807) is 36.4 Å². The summed E-state index contributed by atoms with van der Waals surface area (Å²) < 4.78 is 57.3. The third-order valence-corrected chi connectivity index (χ3v) is 7.00. The van der Waals surface area contributed by atoms with Gasteiger partial charge in [0.1, 0.15) is 59.7 Å². The summed E-state index contributed by atoms with van der Waals surface area (Å²) in [7, 11) is 0. The highest BCUT2D eigenvalue weighted by atomic mass is 19.1. The fourth-order valence-corrected chi connectivity index (χ4v) is 5.52. The molecular formula is C32H4F4N10. The van der Waals surface area contributed by atoms with Crippen molar-refractivity contribution in [2.45, 2.75) is 0 Å². The van der Waals surface area contributed by atoms with Crippen LogP contribution in [0.2, 0.25) is 0 Å². The number of hydrogen-bond donors (Lipinski definition) is 0. The van der Waals surface area contributed by atoms with Gasteiger partial charge in [-0.1, -0.05) is 0 Å². The molecule has 2 aliphatic carbocycles. The highest BCUT2D eigenvalue weighted by molar-refractivity contribution is 6.32. The Bertz CT molecular complexity index is 2250. The van der Waals surface area contributed by atoms with E-state index in [1.807, 2.05) is 12.1 Å². The molecule has 0 saturated heterocycles. The number of aromatic nitrogens is 2. The molecule has 0 bridgehead atoms. The van der Waals surface area contributed by atoms with Crippen LogP contribution in [0.3, 0.4) is 0 Å². The summed E-state index contributed by atoms with van der Waals surface area (Å²) >= 11 is 0. The number of hydrogen-bond acceptors (Lipinski definition) is 10. The third-order valence-electron chi connectivity index (χ3n) is 7.00. The Labute approximate surface area is 255 Å². The predicted octanol–water partition coefficient (Wildman–Crippen LogP) is 5.27. The fraction of sp³-hybridized carbons (Fsp3) is 0. The van der Waals surface area contributed by atoms with Crippen molar-refractivity contribution in [1.82, 2.24) is 9.97 Å². The van der Waals surface area contributed by atoms with Gasteiger partial charge in [-0.15, -0.1) is 0 Å². The molecule has 0 atom stereocenters. The zero-order valence-electron chi connectivity index (χ0n) is 22.3. The highest BCUT2D eigenvalue weighted by Crippen LogP contribution is 2.57. The van der Waals surface area contributed by atoms with Crippen molar-refractivity contribution in [2.75, 3.05) is 0 Å². The van der Waals surface area contributed by atoms with Crippen molar-refractivity contribution in [2.24, 2.45) is 0 Å².